The second kappa shape index (κ2) is 3.74. The smallest absolute Gasteiger partial charge is 0.0795 e. The van der Waals surface area contributed by atoms with E-state index in [0.29, 0.717) is 0 Å². The van der Waals surface area contributed by atoms with Crippen LogP contribution in [-0.2, 0) is 0 Å². The largest absolute Gasteiger partial charge is 0.388 e. The molecule has 0 saturated heterocycles. The van der Waals surface area contributed by atoms with Crippen LogP contribution in [0.3, 0.4) is 0 Å². The SMILES string of the molecule is Cc1cccc(C(O)CC2CC2)c1C. The first-order valence-electron chi connectivity index (χ1n) is 5.42. The molecule has 1 nitrogen and oxygen atoms in total. The Morgan fingerprint density at radius 1 is 1.36 bits per heavy atom. The Balaban J connectivity index is 2.16. The molecule has 1 fully saturated rings. The maximum absolute atomic E-state index is 10.0. The minimum absolute atomic E-state index is 0.248. The van der Waals surface area contributed by atoms with Crippen molar-refractivity contribution in [1.29, 1.82) is 0 Å². The summed E-state index contributed by atoms with van der Waals surface area (Å²) in [6.07, 6.45) is 3.32. The van der Waals surface area contributed by atoms with Gasteiger partial charge in [0.15, 0.2) is 0 Å². The maximum Gasteiger partial charge on any atom is 0.0795 e. The second-order valence-electron chi connectivity index (χ2n) is 4.48. The van der Waals surface area contributed by atoms with Gasteiger partial charge >= 0.3 is 0 Å². The van der Waals surface area contributed by atoms with E-state index >= 15 is 0 Å². The van der Waals surface area contributed by atoms with Gasteiger partial charge in [0, 0.05) is 0 Å². The van der Waals surface area contributed by atoms with Gasteiger partial charge in [-0.05, 0) is 42.9 Å². The molecule has 1 aromatic rings. The highest BCUT2D eigenvalue weighted by molar-refractivity contribution is 5.34. The number of hydrogen-bond donors (Lipinski definition) is 1. The molecule has 1 unspecified atom stereocenters. The molecule has 76 valence electrons. The molecule has 0 aliphatic heterocycles. The number of aliphatic hydroxyl groups is 1. The van der Waals surface area contributed by atoms with Crippen LogP contribution in [-0.4, -0.2) is 5.11 Å². The van der Waals surface area contributed by atoms with Crippen LogP contribution >= 0.6 is 0 Å². The Morgan fingerprint density at radius 2 is 2.07 bits per heavy atom. The van der Waals surface area contributed by atoms with Crippen molar-refractivity contribution in [2.24, 2.45) is 5.92 Å². The summed E-state index contributed by atoms with van der Waals surface area (Å²) < 4.78 is 0. The summed E-state index contributed by atoms with van der Waals surface area (Å²) in [7, 11) is 0. The zero-order valence-electron chi connectivity index (χ0n) is 8.96. The molecule has 0 heterocycles. The van der Waals surface area contributed by atoms with E-state index in [1.807, 2.05) is 6.07 Å². The highest BCUT2D eigenvalue weighted by Gasteiger charge is 2.25. The lowest BCUT2D eigenvalue weighted by Gasteiger charge is -2.14. The van der Waals surface area contributed by atoms with E-state index in [9.17, 15) is 5.11 Å². The molecular weight excluding hydrogens is 172 g/mol. The van der Waals surface area contributed by atoms with Crippen LogP contribution in [0, 0.1) is 19.8 Å². The first-order chi connectivity index (χ1) is 6.68. The number of rotatable bonds is 3. The molecule has 1 heteroatoms. The van der Waals surface area contributed by atoms with Gasteiger partial charge in [-0.3, -0.25) is 0 Å². The van der Waals surface area contributed by atoms with Gasteiger partial charge in [-0.2, -0.15) is 0 Å². The summed E-state index contributed by atoms with van der Waals surface area (Å²) in [5.41, 5.74) is 3.65. The quantitative estimate of drug-likeness (QED) is 0.776. The highest BCUT2D eigenvalue weighted by atomic mass is 16.3. The third-order valence-electron chi connectivity index (χ3n) is 3.26. The lowest BCUT2D eigenvalue weighted by atomic mass is 9.96. The summed E-state index contributed by atoms with van der Waals surface area (Å²) in [5, 5.41) is 10.0. The van der Waals surface area contributed by atoms with E-state index in [-0.39, 0.29) is 6.10 Å². The Kier molecular flexibility index (Phi) is 2.60. The van der Waals surface area contributed by atoms with Gasteiger partial charge in [0.1, 0.15) is 0 Å². The van der Waals surface area contributed by atoms with Crippen LogP contribution in [0.4, 0.5) is 0 Å². The first-order valence-corrected chi connectivity index (χ1v) is 5.42. The minimum atomic E-state index is -0.248. The summed E-state index contributed by atoms with van der Waals surface area (Å²) in [6.45, 7) is 4.20. The predicted molar refractivity (Wildman–Crippen MR) is 58.2 cm³/mol. The standard InChI is InChI=1S/C13H18O/c1-9-4-3-5-12(10(9)2)13(14)8-11-6-7-11/h3-5,11,13-14H,6-8H2,1-2H3. The van der Waals surface area contributed by atoms with Gasteiger partial charge in [-0.1, -0.05) is 31.0 Å². The lowest BCUT2D eigenvalue weighted by Crippen LogP contribution is -2.02. The zero-order valence-corrected chi connectivity index (χ0v) is 8.96. The molecule has 0 bridgehead atoms. The Bertz CT molecular complexity index is 326. The van der Waals surface area contributed by atoms with Crippen molar-refractivity contribution >= 4 is 0 Å². The van der Waals surface area contributed by atoms with Crippen molar-refractivity contribution < 1.29 is 5.11 Å². The molecule has 1 saturated carbocycles. The Hall–Kier alpha value is -0.820. The molecule has 0 amide bonds. The van der Waals surface area contributed by atoms with Crippen molar-refractivity contribution in [2.75, 3.05) is 0 Å². The molecule has 2 rings (SSSR count). The van der Waals surface area contributed by atoms with Crippen LogP contribution in [0.1, 0.15) is 42.1 Å². The van der Waals surface area contributed by atoms with Crippen molar-refractivity contribution in [1.82, 2.24) is 0 Å². The third kappa shape index (κ3) is 1.98. The fourth-order valence-corrected chi connectivity index (χ4v) is 1.93. The zero-order chi connectivity index (χ0) is 10.1. The van der Waals surface area contributed by atoms with Crippen molar-refractivity contribution in [3.05, 3.63) is 34.9 Å². The Morgan fingerprint density at radius 3 is 2.71 bits per heavy atom. The number of aliphatic hydroxyl groups excluding tert-OH is 1. The van der Waals surface area contributed by atoms with Crippen molar-refractivity contribution in [3.63, 3.8) is 0 Å². The number of aryl methyl sites for hydroxylation is 1. The molecule has 0 spiro atoms. The second-order valence-corrected chi connectivity index (χ2v) is 4.48. The van der Waals surface area contributed by atoms with Crippen molar-refractivity contribution in [3.8, 4) is 0 Å². The predicted octanol–water partition coefficient (Wildman–Crippen LogP) is 3.14. The van der Waals surface area contributed by atoms with Gasteiger partial charge in [0.25, 0.3) is 0 Å². The van der Waals surface area contributed by atoms with Gasteiger partial charge in [-0.25, -0.2) is 0 Å². The molecule has 1 aliphatic rings. The molecule has 14 heavy (non-hydrogen) atoms. The van der Waals surface area contributed by atoms with Crippen LogP contribution in [0.5, 0.6) is 0 Å². The van der Waals surface area contributed by atoms with E-state index in [1.165, 1.54) is 24.0 Å². The number of benzene rings is 1. The fraction of sp³-hybridized carbons (Fsp3) is 0.538. The lowest BCUT2D eigenvalue weighted by molar-refractivity contribution is 0.159. The Labute approximate surface area is 85.8 Å². The summed E-state index contributed by atoms with van der Waals surface area (Å²) in [5.74, 6) is 0.782. The van der Waals surface area contributed by atoms with Gasteiger partial charge < -0.3 is 5.11 Å². The summed E-state index contributed by atoms with van der Waals surface area (Å²) in [6, 6.07) is 6.19. The van der Waals surface area contributed by atoms with Crippen molar-refractivity contribution in [2.45, 2.75) is 39.2 Å². The molecule has 1 N–H and O–H groups in total. The topological polar surface area (TPSA) is 20.2 Å². The number of hydrogen-bond acceptors (Lipinski definition) is 1. The normalized spacial score (nSPS) is 18.2. The minimum Gasteiger partial charge on any atom is -0.388 e. The van der Waals surface area contributed by atoms with E-state index in [0.717, 1.165) is 17.9 Å². The fourth-order valence-electron chi connectivity index (χ4n) is 1.93. The summed E-state index contributed by atoms with van der Waals surface area (Å²) in [4.78, 5) is 0. The van der Waals surface area contributed by atoms with Gasteiger partial charge in [0.05, 0.1) is 6.10 Å². The van der Waals surface area contributed by atoms with E-state index in [2.05, 4.69) is 26.0 Å². The average molecular weight is 190 g/mol. The van der Waals surface area contributed by atoms with Crippen LogP contribution < -0.4 is 0 Å². The van der Waals surface area contributed by atoms with Crippen LogP contribution in [0.25, 0.3) is 0 Å². The van der Waals surface area contributed by atoms with E-state index < -0.39 is 0 Å². The van der Waals surface area contributed by atoms with E-state index in [1.54, 1.807) is 0 Å². The van der Waals surface area contributed by atoms with Crippen LogP contribution in [0.2, 0.25) is 0 Å². The summed E-state index contributed by atoms with van der Waals surface area (Å²) >= 11 is 0. The van der Waals surface area contributed by atoms with Crippen LogP contribution in [0.15, 0.2) is 18.2 Å². The first kappa shape index (κ1) is 9.72. The third-order valence-corrected chi connectivity index (χ3v) is 3.26. The van der Waals surface area contributed by atoms with Gasteiger partial charge in [-0.15, -0.1) is 0 Å². The molecule has 1 aliphatic carbocycles. The molecule has 1 aromatic carbocycles. The van der Waals surface area contributed by atoms with Gasteiger partial charge in [0.2, 0.25) is 0 Å². The molecule has 1 atom stereocenters. The van der Waals surface area contributed by atoms with E-state index in [4.69, 9.17) is 0 Å². The maximum atomic E-state index is 10.0. The molecule has 0 radical (unpaired) electrons. The molecular formula is C13H18O. The highest BCUT2D eigenvalue weighted by Crippen LogP contribution is 2.38. The monoisotopic (exact) mass is 190 g/mol. The molecule has 0 aromatic heterocycles. The average Bonchev–Trinajstić information content (AvgIpc) is 2.93.